The van der Waals surface area contributed by atoms with Crippen molar-refractivity contribution in [1.82, 2.24) is 4.98 Å². The molecule has 21 heavy (non-hydrogen) atoms. The van der Waals surface area contributed by atoms with Gasteiger partial charge in [-0.2, -0.15) is 0 Å². The van der Waals surface area contributed by atoms with Gasteiger partial charge >= 0.3 is 0 Å². The summed E-state index contributed by atoms with van der Waals surface area (Å²) in [5.74, 6) is -0.934. The van der Waals surface area contributed by atoms with E-state index in [4.69, 9.17) is 4.74 Å². The summed E-state index contributed by atoms with van der Waals surface area (Å²) in [6.45, 7) is 0. The SMILES string of the molecule is COc1ccccc1-c1[nH]c2c(F)cc(F)cc2c1C=O. The van der Waals surface area contributed by atoms with Gasteiger partial charge in [0.05, 0.1) is 18.3 Å². The van der Waals surface area contributed by atoms with Gasteiger partial charge in [0, 0.05) is 22.6 Å². The van der Waals surface area contributed by atoms with Crippen LogP contribution in [0.1, 0.15) is 10.4 Å². The Bertz CT molecular complexity index is 840. The van der Waals surface area contributed by atoms with Crippen LogP contribution in [0.3, 0.4) is 0 Å². The lowest BCUT2D eigenvalue weighted by atomic mass is 10.1. The van der Waals surface area contributed by atoms with Crippen molar-refractivity contribution < 1.29 is 18.3 Å². The maximum absolute atomic E-state index is 13.9. The van der Waals surface area contributed by atoms with E-state index in [1.807, 2.05) is 0 Å². The molecule has 0 unspecified atom stereocenters. The number of rotatable bonds is 3. The predicted octanol–water partition coefficient (Wildman–Crippen LogP) is 3.93. The van der Waals surface area contributed by atoms with Gasteiger partial charge in [0.1, 0.15) is 17.4 Å². The second kappa shape index (κ2) is 5.01. The number of methoxy groups -OCH3 is 1. The van der Waals surface area contributed by atoms with Crippen molar-refractivity contribution in [1.29, 1.82) is 0 Å². The fourth-order valence-electron chi connectivity index (χ4n) is 2.43. The lowest BCUT2D eigenvalue weighted by Gasteiger charge is -2.07. The van der Waals surface area contributed by atoms with Crippen LogP contribution in [0.15, 0.2) is 36.4 Å². The summed E-state index contributed by atoms with van der Waals surface area (Å²) in [4.78, 5) is 14.2. The number of nitrogens with one attached hydrogen (secondary N) is 1. The fraction of sp³-hybridized carbons (Fsp3) is 0.0625. The van der Waals surface area contributed by atoms with Crippen molar-refractivity contribution in [2.45, 2.75) is 0 Å². The number of hydrogen-bond donors (Lipinski definition) is 1. The summed E-state index contributed by atoms with van der Waals surface area (Å²) < 4.78 is 32.5. The largest absolute Gasteiger partial charge is 0.496 e. The molecule has 0 radical (unpaired) electrons. The summed E-state index contributed by atoms with van der Waals surface area (Å²) in [5, 5.41) is 0.211. The molecule has 0 bridgehead atoms. The maximum Gasteiger partial charge on any atom is 0.152 e. The molecule has 1 heterocycles. The number of H-pyrrole nitrogens is 1. The molecule has 2 aromatic carbocycles. The van der Waals surface area contributed by atoms with E-state index in [-0.39, 0.29) is 16.5 Å². The molecular formula is C16H11F2NO2. The van der Waals surface area contributed by atoms with E-state index in [9.17, 15) is 13.6 Å². The highest BCUT2D eigenvalue weighted by Crippen LogP contribution is 2.35. The number of aromatic amines is 1. The molecule has 0 spiro atoms. The summed E-state index contributed by atoms with van der Waals surface area (Å²) in [7, 11) is 1.50. The van der Waals surface area contributed by atoms with Crippen LogP contribution >= 0.6 is 0 Å². The zero-order valence-electron chi connectivity index (χ0n) is 11.1. The molecule has 0 atom stereocenters. The fourth-order valence-corrected chi connectivity index (χ4v) is 2.43. The first-order valence-corrected chi connectivity index (χ1v) is 6.25. The molecule has 0 saturated heterocycles. The Balaban J connectivity index is 2.38. The van der Waals surface area contributed by atoms with Crippen LogP contribution in [0.5, 0.6) is 5.75 Å². The second-order valence-corrected chi connectivity index (χ2v) is 4.54. The van der Waals surface area contributed by atoms with Crippen LogP contribution in [0.2, 0.25) is 0 Å². The van der Waals surface area contributed by atoms with Gasteiger partial charge in [-0.15, -0.1) is 0 Å². The third-order valence-electron chi connectivity index (χ3n) is 3.36. The smallest absolute Gasteiger partial charge is 0.152 e. The Morgan fingerprint density at radius 1 is 1.19 bits per heavy atom. The molecular weight excluding hydrogens is 276 g/mol. The van der Waals surface area contributed by atoms with E-state index in [0.717, 1.165) is 12.1 Å². The van der Waals surface area contributed by atoms with E-state index in [2.05, 4.69) is 4.98 Å². The number of aromatic nitrogens is 1. The van der Waals surface area contributed by atoms with Crippen LogP contribution in [0, 0.1) is 11.6 Å². The van der Waals surface area contributed by atoms with Gasteiger partial charge in [-0.25, -0.2) is 8.78 Å². The number of ether oxygens (including phenoxy) is 1. The lowest BCUT2D eigenvalue weighted by molar-refractivity contribution is 0.112. The standard InChI is InChI=1S/C16H11F2NO2/c1-21-14-5-3-2-4-10(14)15-12(8-20)11-6-9(17)7-13(18)16(11)19-15/h2-8,19H,1H3. The van der Waals surface area contributed by atoms with Gasteiger partial charge in [0.2, 0.25) is 0 Å². The highest BCUT2D eigenvalue weighted by molar-refractivity contribution is 6.05. The minimum absolute atomic E-state index is 0.0967. The zero-order chi connectivity index (χ0) is 15.0. The molecule has 1 N–H and O–H groups in total. The number of aldehydes is 1. The van der Waals surface area contributed by atoms with Crippen molar-refractivity contribution >= 4 is 17.2 Å². The van der Waals surface area contributed by atoms with Crippen LogP contribution in [0.25, 0.3) is 22.2 Å². The summed E-state index contributed by atoms with van der Waals surface area (Å²) >= 11 is 0. The third kappa shape index (κ3) is 2.07. The molecule has 3 aromatic rings. The third-order valence-corrected chi connectivity index (χ3v) is 3.36. The first-order valence-electron chi connectivity index (χ1n) is 6.25. The lowest BCUT2D eigenvalue weighted by Crippen LogP contribution is -1.90. The van der Waals surface area contributed by atoms with Crippen molar-refractivity contribution in [3.63, 3.8) is 0 Å². The van der Waals surface area contributed by atoms with Crippen LogP contribution < -0.4 is 4.74 Å². The minimum Gasteiger partial charge on any atom is -0.496 e. The number of fused-ring (bicyclic) bond motifs is 1. The monoisotopic (exact) mass is 287 g/mol. The Morgan fingerprint density at radius 3 is 2.67 bits per heavy atom. The Morgan fingerprint density at radius 2 is 1.95 bits per heavy atom. The highest BCUT2D eigenvalue weighted by atomic mass is 19.1. The molecule has 0 aliphatic rings. The average Bonchev–Trinajstić information content (AvgIpc) is 2.85. The summed E-state index contributed by atoms with van der Waals surface area (Å²) in [6.07, 6.45) is 0.583. The van der Waals surface area contributed by atoms with Crippen LogP contribution in [-0.4, -0.2) is 18.4 Å². The van der Waals surface area contributed by atoms with Crippen molar-refractivity contribution in [3.05, 3.63) is 53.6 Å². The second-order valence-electron chi connectivity index (χ2n) is 4.54. The van der Waals surface area contributed by atoms with Gasteiger partial charge < -0.3 is 9.72 Å². The molecule has 0 amide bonds. The van der Waals surface area contributed by atoms with Gasteiger partial charge in [-0.3, -0.25) is 4.79 Å². The quantitative estimate of drug-likeness (QED) is 0.741. The Labute approximate surface area is 119 Å². The number of hydrogen-bond acceptors (Lipinski definition) is 2. The van der Waals surface area contributed by atoms with Crippen LogP contribution in [-0.2, 0) is 0 Å². The Hall–Kier alpha value is -2.69. The van der Waals surface area contributed by atoms with E-state index < -0.39 is 11.6 Å². The van der Waals surface area contributed by atoms with Gasteiger partial charge in [0.25, 0.3) is 0 Å². The zero-order valence-corrected chi connectivity index (χ0v) is 11.1. The highest BCUT2D eigenvalue weighted by Gasteiger charge is 2.18. The normalized spacial score (nSPS) is 10.8. The molecule has 1 aromatic heterocycles. The van der Waals surface area contributed by atoms with E-state index in [1.165, 1.54) is 7.11 Å². The number of benzene rings is 2. The molecule has 106 valence electrons. The Kier molecular flexibility index (Phi) is 3.17. The molecule has 3 rings (SSSR count). The number of carbonyl (C=O) groups excluding carboxylic acids is 1. The van der Waals surface area contributed by atoms with Crippen molar-refractivity contribution in [3.8, 4) is 17.0 Å². The van der Waals surface area contributed by atoms with Crippen molar-refractivity contribution in [2.75, 3.05) is 7.11 Å². The van der Waals surface area contributed by atoms with Gasteiger partial charge in [0.15, 0.2) is 6.29 Å². The summed E-state index contributed by atoms with van der Waals surface area (Å²) in [6, 6.07) is 8.94. The molecule has 0 fully saturated rings. The predicted molar refractivity (Wildman–Crippen MR) is 75.6 cm³/mol. The van der Waals surface area contributed by atoms with Gasteiger partial charge in [-0.05, 0) is 18.2 Å². The van der Waals surface area contributed by atoms with Gasteiger partial charge in [-0.1, -0.05) is 12.1 Å². The van der Waals surface area contributed by atoms with E-state index in [0.29, 0.717) is 23.3 Å². The minimum atomic E-state index is -0.741. The van der Waals surface area contributed by atoms with Crippen LogP contribution in [0.4, 0.5) is 8.78 Å². The maximum atomic E-state index is 13.9. The number of para-hydroxylation sites is 1. The molecule has 0 aliphatic carbocycles. The number of halogens is 2. The first kappa shape index (κ1) is 13.3. The number of carbonyl (C=O) groups is 1. The average molecular weight is 287 g/mol. The molecule has 0 aliphatic heterocycles. The van der Waals surface area contributed by atoms with Crippen molar-refractivity contribution in [2.24, 2.45) is 0 Å². The molecule has 5 heteroatoms. The van der Waals surface area contributed by atoms with E-state index >= 15 is 0 Å². The summed E-state index contributed by atoms with van der Waals surface area (Å²) in [5.41, 5.74) is 1.31. The topological polar surface area (TPSA) is 42.1 Å². The molecule has 0 saturated carbocycles. The first-order chi connectivity index (χ1) is 10.2. The molecule has 3 nitrogen and oxygen atoms in total. The van der Waals surface area contributed by atoms with E-state index in [1.54, 1.807) is 24.3 Å².